The molecule has 1 amide bonds. The zero-order valence-corrected chi connectivity index (χ0v) is 28.7. The van der Waals surface area contributed by atoms with E-state index in [9.17, 15) is 13.6 Å². The van der Waals surface area contributed by atoms with Gasteiger partial charge in [0.25, 0.3) is 0 Å². The third-order valence-electron chi connectivity index (χ3n) is 10.1. The number of rotatable bonds is 6. The third kappa shape index (κ3) is 6.14. The van der Waals surface area contributed by atoms with Gasteiger partial charge in [-0.15, -0.1) is 0 Å². The van der Waals surface area contributed by atoms with Gasteiger partial charge >= 0.3 is 12.1 Å². The van der Waals surface area contributed by atoms with Crippen molar-refractivity contribution >= 4 is 33.6 Å². The fourth-order valence-electron chi connectivity index (χ4n) is 7.77. The number of piperazine rings is 1. The maximum atomic E-state index is 16.9. The Morgan fingerprint density at radius 1 is 1.12 bits per heavy atom. The van der Waals surface area contributed by atoms with Gasteiger partial charge in [-0.3, -0.25) is 14.8 Å². The molecule has 0 bridgehead atoms. The number of fused-ring (bicyclic) bond motifs is 3. The van der Waals surface area contributed by atoms with E-state index in [1.165, 1.54) is 12.3 Å². The molecule has 0 aliphatic carbocycles. The van der Waals surface area contributed by atoms with Crippen LogP contribution in [0.5, 0.6) is 6.01 Å². The molecule has 0 unspecified atom stereocenters. The van der Waals surface area contributed by atoms with E-state index in [0.29, 0.717) is 47.2 Å². The first kappa shape index (κ1) is 33.8. The van der Waals surface area contributed by atoms with E-state index in [1.807, 2.05) is 11.0 Å². The molecule has 7 rings (SSSR count). The van der Waals surface area contributed by atoms with Gasteiger partial charge in [-0.2, -0.15) is 9.97 Å². The van der Waals surface area contributed by atoms with E-state index in [0.717, 1.165) is 24.8 Å². The second-order valence-electron chi connectivity index (χ2n) is 14.6. The van der Waals surface area contributed by atoms with E-state index in [4.69, 9.17) is 21.0 Å². The van der Waals surface area contributed by atoms with Crippen molar-refractivity contribution < 1.29 is 27.4 Å². The topological polar surface area (TPSA) is 88.3 Å². The van der Waals surface area contributed by atoms with Gasteiger partial charge in [0.2, 0.25) is 6.54 Å². The molecule has 3 saturated heterocycles. The average Bonchev–Trinajstić information content (AvgIpc) is 3.60. The highest BCUT2D eigenvalue weighted by atomic mass is 19.1. The Hall–Kier alpha value is -4.70. The zero-order chi connectivity index (χ0) is 35.4. The quantitative estimate of drug-likeness (QED) is 0.206. The number of anilines is 1. The number of aromatic nitrogens is 3. The predicted molar refractivity (Wildman–Crippen MR) is 184 cm³/mol. The maximum Gasteiger partial charge on any atom is 0.410 e. The molecule has 50 heavy (non-hydrogen) atoms. The summed E-state index contributed by atoms with van der Waals surface area (Å²) in [6.07, 6.45) is 2.10. The Bertz CT molecular complexity index is 2010. The number of aryl methyl sites for hydroxylation is 1. The van der Waals surface area contributed by atoms with Crippen LogP contribution in [0, 0.1) is 25.1 Å². The minimum absolute atomic E-state index is 0.00431. The van der Waals surface area contributed by atoms with Crippen molar-refractivity contribution in [3.8, 4) is 17.3 Å². The molecule has 0 N–H and O–H groups in total. The van der Waals surface area contributed by atoms with E-state index >= 15 is 4.39 Å². The van der Waals surface area contributed by atoms with Crippen LogP contribution in [-0.2, 0) is 4.74 Å². The SMILES string of the molecule is [C-]#[N+]C[C@H]1CN(c2nc(OC[C@@]34CCCN3C[C@H](F)C4)nc3c(F)c(-c4cccc5ccc(F)c(C)c45)ncc23)CCN1C(=O)OC(C)(C)C. The summed E-state index contributed by atoms with van der Waals surface area (Å²) in [6.45, 7) is 16.7. The molecule has 0 spiro atoms. The van der Waals surface area contributed by atoms with Crippen molar-refractivity contribution in [3.05, 3.63) is 65.1 Å². The lowest BCUT2D eigenvalue weighted by atomic mass is 9.95. The molecule has 4 aromatic rings. The Morgan fingerprint density at radius 3 is 2.72 bits per heavy atom. The lowest BCUT2D eigenvalue weighted by molar-refractivity contribution is 0.0155. The van der Waals surface area contributed by atoms with Crippen molar-refractivity contribution in [2.75, 3.05) is 50.8 Å². The molecular formula is C37H40F3N7O3. The van der Waals surface area contributed by atoms with Gasteiger partial charge in [-0.05, 0) is 69.5 Å². The molecule has 2 aromatic heterocycles. The Labute approximate surface area is 289 Å². The van der Waals surface area contributed by atoms with Crippen LogP contribution in [0.1, 0.15) is 45.6 Å². The van der Waals surface area contributed by atoms with Crippen LogP contribution >= 0.6 is 0 Å². The molecule has 3 aliphatic rings. The van der Waals surface area contributed by atoms with Crippen LogP contribution in [0.25, 0.3) is 37.8 Å². The molecule has 13 heteroatoms. The highest BCUT2D eigenvalue weighted by molar-refractivity contribution is 6.00. The van der Waals surface area contributed by atoms with Crippen LogP contribution in [-0.4, -0.2) is 100 Å². The summed E-state index contributed by atoms with van der Waals surface area (Å²) in [4.78, 5) is 36.2. The van der Waals surface area contributed by atoms with Crippen LogP contribution in [0.4, 0.5) is 23.8 Å². The van der Waals surface area contributed by atoms with Gasteiger partial charge in [0, 0.05) is 44.4 Å². The summed E-state index contributed by atoms with van der Waals surface area (Å²) >= 11 is 0. The van der Waals surface area contributed by atoms with E-state index in [1.54, 1.807) is 50.8 Å². The van der Waals surface area contributed by atoms with E-state index in [-0.39, 0.29) is 43.5 Å². The molecular weight excluding hydrogens is 647 g/mol. The first-order chi connectivity index (χ1) is 23.9. The third-order valence-corrected chi connectivity index (χ3v) is 10.1. The van der Waals surface area contributed by atoms with Crippen LogP contribution in [0.2, 0.25) is 0 Å². The minimum atomic E-state index is -0.951. The summed E-state index contributed by atoms with van der Waals surface area (Å²) in [5, 5.41) is 1.61. The molecule has 5 heterocycles. The maximum absolute atomic E-state index is 16.9. The van der Waals surface area contributed by atoms with Gasteiger partial charge in [0.05, 0.1) is 10.9 Å². The molecule has 3 aliphatic heterocycles. The number of ether oxygens (including phenoxy) is 2. The number of carbonyl (C=O) groups is 1. The first-order valence-corrected chi connectivity index (χ1v) is 17.0. The Morgan fingerprint density at radius 2 is 1.94 bits per heavy atom. The van der Waals surface area contributed by atoms with E-state index in [2.05, 4.69) is 19.7 Å². The number of nitrogens with zero attached hydrogens (tertiary/aromatic N) is 7. The smallest absolute Gasteiger partial charge is 0.410 e. The van der Waals surface area contributed by atoms with Crippen LogP contribution < -0.4 is 9.64 Å². The van der Waals surface area contributed by atoms with Gasteiger partial charge in [0.1, 0.15) is 47.3 Å². The van der Waals surface area contributed by atoms with Gasteiger partial charge in [0.15, 0.2) is 5.82 Å². The van der Waals surface area contributed by atoms with Gasteiger partial charge in [-0.25, -0.2) is 24.5 Å². The number of amides is 1. The van der Waals surface area contributed by atoms with Crippen molar-refractivity contribution in [2.24, 2.45) is 0 Å². The second-order valence-corrected chi connectivity index (χ2v) is 14.6. The normalized spacial score (nSPS) is 22.6. The van der Waals surface area contributed by atoms with Crippen molar-refractivity contribution in [1.82, 2.24) is 24.8 Å². The van der Waals surface area contributed by atoms with Crippen molar-refractivity contribution in [3.63, 3.8) is 0 Å². The highest BCUT2D eigenvalue weighted by Crippen LogP contribution is 2.41. The number of carbonyl (C=O) groups excluding carboxylic acids is 1. The number of halogens is 3. The fraction of sp³-hybridized carbons (Fsp3) is 0.486. The van der Waals surface area contributed by atoms with Gasteiger partial charge < -0.3 is 19.2 Å². The standard InChI is InChI=1S/C37H40F3N7O3/c1-22-28(39)11-10-23-8-6-9-26(29(22)23)31-30(40)32-27(18-42-31)33(44-34(43-32)49-21-37-12-7-13-46(37)19-24(38)16-37)45-14-15-47(25(20-45)17-41-5)35(48)50-36(2,3)4/h6,8-11,18,24-25H,7,12-17,19-21H2,1-4H3/t24-,25+,37+/m1/s1. The molecule has 0 radical (unpaired) electrons. The summed E-state index contributed by atoms with van der Waals surface area (Å²) in [7, 11) is 0. The minimum Gasteiger partial charge on any atom is -0.461 e. The number of pyridine rings is 1. The molecule has 0 saturated carbocycles. The largest absolute Gasteiger partial charge is 0.461 e. The first-order valence-electron chi connectivity index (χ1n) is 17.0. The van der Waals surface area contributed by atoms with Gasteiger partial charge in [-0.1, -0.05) is 24.3 Å². The monoisotopic (exact) mass is 687 g/mol. The Kier molecular flexibility index (Phi) is 8.70. The predicted octanol–water partition coefficient (Wildman–Crippen LogP) is 6.73. The summed E-state index contributed by atoms with van der Waals surface area (Å²) < 4.78 is 58.1. The fourth-order valence-corrected chi connectivity index (χ4v) is 7.77. The summed E-state index contributed by atoms with van der Waals surface area (Å²) in [5.41, 5.74) is -0.423. The summed E-state index contributed by atoms with van der Waals surface area (Å²) in [6, 6.07) is 7.76. The lowest BCUT2D eigenvalue weighted by Crippen LogP contribution is -2.57. The van der Waals surface area contributed by atoms with Crippen molar-refractivity contribution in [1.29, 1.82) is 0 Å². The molecule has 10 nitrogen and oxygen atoms in total. The van der Waals surface area contributed by atoms with E-state index < -0.39 is 41.1 Å². The number of alkyl halides is 1. The molecule has 2 aromatic carbocycles. The molecule has 3 atom stereocenters. The average molecular weight is 688 g/mol. The van der Waals surface area contributed by atoms with Crippen molar-refractivity contribution in [2.45, 2.75) is 70.3 Å². The Balaban J connectivity index is 1.31. The number of hydrogen-bond donors (Lipinski definition) is 0. The van der Waals surface area contributed by atoms with Crippen LogP contribution in [0.15, 0.2) is 36.5 Å². The zero-order valence-electron chi connectivity index (χ0n) is 28.7. The van der Waals surface area contributed by atoms with Crippen LogP contribution in [0.3, 0.4) is 0 Å². The second kappa shape index (κ2) is 12.9. The molecule has 3 fully saturated rings. The molecule has 262 valence electrons. The number of hydrogen-bond acceptors (Lipinski definition) is 8. The highest BCUT2D eigenvalue weighted by Gasteiger charge is 2.49. The summed E-state index contributed by atoms with van der Waals surface area (Å²) in [5.74, 6) is -0.784. The lowest BCUT2D eigenvalue weighted by Gasteiger charge is -2.40. The number of benzene rings is 2.